The van der Waals surface area contributed by atoms with Crippen LogP contribution in [-0.2, 0) is 23.7 Å². The quantitative estimate of drug-likeness (QED) is 0.439. The molecule has 0 aromatic carbocycles. The van der Waals surface area contributed by atoms with Gasteiger partial charge in [0.25, 0.3) is 0 Å². The number of hydrogen-bond acceptors (Lipinski definition) is 5. The lowest BCUT2D eigenvalue weighted by Crippen LogP contribution is -2.40. The van der Waals surface area contributed by atoms with Gasteiger partial charge in [-0.25, -0.2) is 0 Å². The molecule has 2 heterocycles. The van der Waals surface area contributed by atoms with Gasteiger partial charge in [-0.05, 0) is 0 Å². The fourth-order valence-electron chi connectivity index (χ4n) is 1.55. The summed E-state index contributed by atoms with van der Waals surface area (Å²) < 4.78 is 20.5. The first kappa shape index (κ1) is 8.93. The number of ether oxygens (including phenoxy) is 4. The minimum Gasteiger partial charge on any atom is -0.457 e. The Bertz CT molecular complexity index is 217. The van der Waals surface area contributed by atoms with E-state index in [-0.39, 0.29) is 30.6 Å². The van der Waals surface area contributed by atoms with E-state index in [0.717, 1.165) is 0 Å². The summed E-state index contributed by atoms with van der Waals surface area (Å²) in [5.41, 5.74) is 0. The van der Waals surface area contributed by atoms with Crippen molar-refractivity contribution in [3.8, 4) is 0 Å². The minimum atomic E-state index is -0.309. The molecule has 0 aliphatic carbocycles. The summed E-state index contributed by atoms with van der Waals surface area (Å²) in [6, 6.07) is 0. The van der Waals surface area contributed by atoms with Crippen molar-refractivity contribution in [1.29, 1.82) is 0 Å². The average Bonchev–Trinajstić information content (AvgIpc) is 2.83. The second-order valence-electron chi connectivity index (χ2n) is 3.15. The first-order valence-electron chi connectivity index (χ1n) is 4.19. The van der Waals surface area contributed by atoms with Crippen LogP contribution in [0.25, 0.3) is 0 Å². The van der Waals surface area contributed by atoms with Gasteiger partial charge < -0.3 is 18.9 Å². The van der Waals surface area contributed by atoms with Crippen LogP contribution in [-0.4, -0.2) is 44.3 Å². The number of fused-ring (bicyclic) bond motifs is 1. The van der Waals surface area contributed by atoms with E-state index in [1.807, 2.05) is 0 Å². The molecule has 74 valence electrons. The van der Waals surface area contributed by atoms with Gasteiger partial charge in [0.05, 0.1) is 6.61 Å². The van der Waals surface area contributed by atoms with Crippen molar-refractivity contribution in [3.05, 3.63) is 0 Å². The number of methoxy groups -OCH3 is 1. The van der Waals surface area contributed by atoms with Gasteiger partial charge in [-0.15, -0.1) is 0 Å². The highest BCUT2D eigenvalue weighted by atomic mass is 16.7. The van der Waals surface area contributed by atoms with Crippen LogP contribution in [0.1, 0.15) is 6.92 Å². The Balaban J connectivity index is 1.88. The van der Waals surface area contributed by atoms with Crippen molar-refractivity contribution in [2.45, 2.75) is 31.5 Å². The van der Waals surface area contributed by atoms with Gasteiger partial charge in [0.15, 0.2) is 12.4 Å². The van der Waals surface area contributed by atoms with Crippen molar-refractivity contribution in [2.75, 3.05) is 13.7 Å². The predicted octanol–water partition coefficient (Wildman–Crippen LogP) is -0.312. The topological polar surface area (TPSA) is 57.3 Å². The summed E-state index contributed by atoms with van der Waals surface area (Å²) in [6.07, 6.45) is -0.684. The number of epoxide rings is 1. The molecule has 13 heavy (non-hydrogen) atoms. The molecule has 5 nitrogen and oxygen atoms in total. The molecule has 2 aliphatic rings. The van der Waals surface area contributed by atoms with Gasteiger partial charge >= 0.3 is 5.97 Å². The zero-order chi connectivity index (χ0) is 9.42. The van der Waals surface area contributed by atoms with Crippen LogP contribution < -0.4 is 0 Å². The highest BCUT2D eigenvalue weighted by molar-refractivity contribution is 5.66. The molecule has 0 bridgehead atoms. The summed E-state index contributed by atoms with van der Waals surface area (Å²) in [5.74, 6) is -0.307. The molecule has 0 radical (unpaired) electrons. The van der Waals surface area contributed by atoms with E-state index in [1.54, 1.807) is 7.11 Å². The van der Waals surface area contributed by atoms with E-state index >= 15 is 0 Å². The number of rotatable bonds is 2. The Morgan fingerprint density at radius 2 is 2.23 bits per heavy atom. The van der Waals surface area contributed by atoms with E-state index < -0.39 is 0 Å². The molecule has 0 N–H and O–H groups in total. The third-order valence-electron chi connectivity index (χ3n) is 2.17. The van der Waals surface area contributed by atoms with Crippen molar-refractivity contribution in [3.63, 3.8) is 0 Å². The van der Waals surface area contributed by atoms with Gasteiger partial charge in [0.2, 0.25) is 0 Å². The second kappa shape index (κ2) is 3.25. The van der Waals surface area contributed by atoms with Crippen LogP contribution >= 0.6 is 0 Å². The summed E-state index contributed by atoms with van der Waals surface area (Å²) in [5, 5.41) is 0. The van der Waals surface area contributed by atoms with Crippen molar-refractivity contribution in [1.82, 2.24) is 0 Å². The van der Waals surface area contributed by atoms with Gasteiger partial charge in [0.1, 0.15) is 12.2 Å². The summed E-state index contributed by atoms with van der Waals surface area (Å²) in [6.45, 7) is 1.72. The van der Waals surface area contributed by atoms with Crippen LogP contribution in [0.5, 0.6) is 0 Å². The van der Waals surface area contributed by atoms with E-state index in [2.05, 4.69) is 0 Å². The molecule has 1 unspecified atom stereocenters. The third kappa shape index (κ3) is 1.67. The maximum Gasteiger partial charge on any atom is 0.303 e. The minimum absolute atomic E-state index is 0.0393. The molecule has 2 fully saturated rings. The SMILES string of the molecule is COC1OC[C@@H](OC(C)=O)[C@H]2O[C@@H]12. The first-order valence-corrected chi connectivity index (χ1v) is 4.19. The molecule has 2 saturated heterocycles. The second-order valence-corrected chi connectivity index (χ2v) is 3.15. The maximum absolute atomic E-state index is 10.7. The number of carbonyl (C=O) groups is 1. The molecule has 0 aromatic rings. The average molecular weight is 188 g/mol. The van der Waals surface area contributed by atoms with Gasteiger partial charge in [0, 0.05) is 14.0 Å². The number of hydrogen-bond donors (Lipinski definition) is 0. The lowest BCUT2D eigenvalue weighted by molar-refractivity contribution is -0.178. The molecule has 0 saturated carbocycles. The van der Waals surface area contributed by atoms with Crippen molar-refractivity contribution >= 4 is 5.97 Å². The third-order valence-corrected chi connectivity index (χ3v) is 2.17. The fourth-order valence-corrected chi connectivity index (χ4v) is 1.55. The standard InChI is InChI=1S/C8H12O5/c1-4(9)12-5-3-11-8(10-2)7-6(5)13-7/h5-8H,3H2,1-2H3/t5-,6-,7-,8?/m1/s1. The molecule has 0 spiro atoms. The lowest BCUT2D eigenvalue weighted by atomic mass is 10.1. The van der Waals surface area contributed by atoms with Crippen molar-refractivity contribution in [2.24, 2.45) is 0 Å². The van der Waals surface area contributed by atoms with Crippen LogP contribution in [0.2, 0.25) is 0 Å². The van der Waals surface area contributed by atoms with E-state index in [1.165, 1.54) is 6.92 Å². The molecule has 5 heteroatoms. The van der Waals surface area contributed by atoms with Crippen molar-refractivity contribution < 1.29 is 23.7 Å². The maximum atomic E-state index is 10.7. The Labute approximate surface area is 75.9 Å². The molecule has 2 aliphatic heterocycles. The highest BCUT2D eigenvalue weighted by Crippen LogP contribution is 2.36. The predicted molar refractivity (Wildman–Crippen MR) is 41.0 cm³/mol. The normalized spacial score (nSPS) is 42.3. The van der Waals surface area contributed by atoms with E-state index in [9.17, 15) is 4.79 Å². The first-order chi connectivity index (χ1) is 6.22. The number of carbonyl (C=O) groups excluding carboxylic acids is 1. The van der Waals surface area contributed by atoms with Gasteiger partial charge in [-0.3, -0.25) is 4.79 Å². The Hall–Kier alpha value is -0.650. The highest BCUT2D eigenvalue weighted by Gasteiger charge is 2.56. The van der Waals surface area contributed by atoms with E-state index in [4.69, 9.17) is 18.9 Å². The fraction of sp³-hybridized carbons (Fsp3) is 0.875. The molecular formula is C8H12O5. The van der Waals surface area contributed by atoms with E-state index in [0.29, 0.717) is 6.61 Å². The molecular weight excluding hydrogens is 176 g/mol. The monoisotopic (exact) mass is 188 g/mol. The van der Waals surface area contributed by atoms with Crippen LogP contribution in [0.15, 0.2) is 0 Å². The summed E-state index contributed by atoms with van der Waals surface area (Å²) in [7, 11) is 1.57. The zero-order valence-electron chi connectivity index (χ0n) is 7.56. The lowest BCUT2D eigenvalue weighted by Gasteiger charge is -2.23. The molecule has 0 amide bonds. The molecule has 2 rings (SSSR count). The summed E-state index contributed by atoms with van der Waals surface area (Å²) >= 11 is 0. The molecule has 4 atom stereocenters. The summed E-state index contributed by atoms with van der Waals surface area (Å²) in [4.78, 5) is 10.7. The van der Waals surface area contributed by atoms with Crippen LogP contribution in [0, 0.1) is 0 Å². The zero-order valence-corrected chi connectivity index (χ0v) is 7.56. The largest absolute Gasteiger partial charge is 0.457 e. The van der Waals surface area contributed by atoms with Gasteiger partial charge in [-0.2, -0.15) is 0 Å². The molecule has 0 aromatic heterocycles. The Kier molecular flexibility index (Phi) is 2.23. The Morgan fingerprint density at radius 1 is 1.46 bits per heavy atom. The van der Waals surface area contributed by atoms with Crippen LogP contribution in [0.3, 0.4) is 0 Å². The number of esters is 1. The van der Waals surface area contributed by atoms with Gasteiger partial charge in [-0.1, -0.05) is 0 Å². The smallest absolute Gasteiger partial charge is 0.303 e. The Morgan fingerprint density at radius 3 is 2.85 bits per heavy atom. The van der Waals surface area contributed by atoms with Crippen LogP contribution in [0.4, 0.5) is 0 Å².